The fourth-order valence-electron chi connectivity index (χ4n) is 2.24. The summed E-state index contributed by atoms with van der Waals surface area (Å²) in [6, 6.07) is -0.929. The number of carboxylic acid groups (broad SMARTS) is 1. The Morgan fingerprint density at radius 2 is 2.05 bits per heavy atom. The molecule has 0 spiro atoms. The number of ether oxygens (including phenoxy) is 1. The van der Waals surface area contributed by atoms with E-state index in [9.17, 15) is 20.1 Å². The molecule has 0 aromatic rings. The molecule has 1 aliphatic heterocycles. The van der Waals surface area contributed by atoms with E-state index in [-0.39, 0.29) is 6.54 Å². The van der Waals surface area contributed by atoms with E-state index in [4.69, 9.17) is 20.7 Å². The van der Waals surface area contributed by atoms with Crippen LogP contribution in [0.15, 0.2) is 0 Å². The standard InChI is InChI=1S/C12H24N2O7/c13-4-2-1-3-7(11(18)19)14-6-12(20)10(17)9(16)8(5-15)21-12/h7-10,14-17,20H,1-6,13H2,(H,18,19)/t7-,8+,9+,10-,12-/m0/s1. The Hall–Kier alpha value is -0.810. The van der Waals surface area contributed by atoms with Crippen molar-refractivity contribution in [2.24, 2.45) is 5.73 Å². The van der Waals surface area contributed by atoms with Gasteiger partial charge in [-0.15, -0.1) is 0 Å². The lowest BCUT2D eigenvalue weighted by atomic mass is 10.0. The van der Waals surface area contributed by atoms with Gasteiger partial charge in [0.15, 0.2) is 0 Å². The first-order valence-corrected chi connectivity index (χ1v) is 6.89. The van der Waals surface area contributed by atoms with Crippen molar-refractivity contribution in [2.45, 2.75) is 49.4 Å². The van der Waals surface area contributed by atoms with Crippen LogP contribution < -0.4 is 11.1 Å². The van der Waals surface area contributed by atoms with Gasteiger partial charge in [0, 0.05) is 0 Å². The zero-order valence-corrected chi connectivity index (χ0v) is 11.7. The van der Waals surface area contributed by atoms with Gasteiger partial charge in [-0.1, -0.05) is 6.42 Å². The maximum absolute atomic E-state index is 11.1. The van der Waals surface area contributed by atoms with Gasteiger partial charge in [0.25, 0.3) is 0 Å². The summed E-state index contributed by atoms with van der Waals surface area (Å²) in [4.78, 5) is 11.1. The molecule has 0 bridgehead atoms. The number of carboxylic acids is 1. The summed E-state index contributed by atoms with van der Waals surface area (Å²) < 4.78 is 5.01. The van der Waals surface area contributed by atoms with Gasteiger partial charge in [0.1, 0.15) is 24.4 Å². The van der Waals surface area contributed by atoms with Gasteiger partial charge >= 0.3 is 5.97 Å². The minimum absolute atomic E-state index is 0.310. The predicted molar refractivity (Wildman–Crippen MR) is 71.3 cm³/mol. The molecule has 0 unspecified atom stereocenters. The van der Waals surface area contributed by atoms with Crippen LogP contribution in [-0.2, 0) is 9.53 Å². The number of aliphatic carboxylic acids is 1. The van der Waals surface area contributed by atoms with E-state index in [1.54, 1.807) is 0 Å². The highest BCUT2D eigenvalue weighted by atomic mass is 16.7. The topological polar surface area (TPSA) is 166 Å². The van der Waals surface area contributed by atoms with Gasteiger partial charge in [0.05, 0.1) is 13.2 Å². The van der Waals surface area contributed by atoms with Crippen LogP contribution in [0.2, 0.25) is 0 Å². The van der Waals surface area contributed by atoms with Crippen molar-refractivity contribution in [2.75, 3.05) is 19.7 Å². The normalized spacial score (nSPS) is 34.0. The third kappa shape index (κ3) is 4.58. The SMILES string of the molecule is NCCCC[C@H](NC[C@]1(O)O[C@H](CO)[C@@H](O)[C@@H]1O)C(=O)O. The first-order chi connectivity index (χ1) is 9.85. The van der Waals surface area contributed by atoms with E-state index in [1.165, 1.54) is 0 Å². The minimum atomic E-state index is -2.14. The summed E-state index contributed by atoms with van der Waals surface area (Å²) in [5.41, 5.74) is 5.34. The van der Waals surface area contributed by atoms with Gasteiger partial charge in [0.2, 0.25) is 5.79 Å². The van der Waals surface area contributed by atoms with Crippen LogP contribution >= 0.6 is 0 Å². The molecule has 9 heteroatoms. The van der Waals surface area contributed by atoms with E-state index >= 15 is 0 Å². The monoisotopic (exact) mass is 308 g/mol. The second-order valence-corrected chi connectivity index (χ2v) is 5.18. The van der Waals surface area contributed by atoms with Crippen LogP contribution in [0, 0.1) is 0 Å². The fraction of sp³-hybridized carbons (Fsp3) is 0.917. The molecule has 0 radical (unpaired) electrons. The maximum atomic E-state index is 11.1. The number of hydrogen-bond donors (Lipinski definition) is 7. The molecular formula is C12H24N2O7. The van der Waals surface area contributed by atoms with Crippen molar-refractivity contribution >= 4 is 5.97 Å². The first kappa shape index (κ1) is 18.2. The fourth-order valence-corrected chi connectivity index (χ4v) is 2.24. The number of nitrogens with two attached hydrogens (primary N) is 1. The van der Waals surface area contributed by atoms with Crippen LogP contribution in [0.4, 0.5) is 0 Å². The second kappa shape index (κ2) is 7.99. The van der Waals surface area contributed by atoms with Crippen molar-refractivity contribution in [1.82, 2.24) is 5.32 Å². The summed E-state index contributed by atoms with van der Waals surface area (Å²) in [6.07, 6.45) is -2.61. The Morgan fingerprint density at radius 1 is 1.38 bits per heavy atom. The number of nitrogens with one attached hydrogen (secondary N) is 1. The van der Waals surface area contributed by atoms with Crippen LogP contribution in [0.5, 0.6) is 0 Å². The molecular weight excluding hydrogens is 284 g/mol. The van der Waals surface area contributed by atoms with Gasteiger partial charge in [-0.2, -0.15) is 0 Å². The van der Waals surface area contributed by atoms with Crippen molar-refractivity contribution in [3.8, 4) is 0 Å². The van der Waals surface area contributed by atoms with Gasteiger partial charge in [-0.05, 0) is 19.4 Å². The highest BCUT2D eigenvalue weighted by molar-refractivity contribution is 5.73. The number of hydrogen-bond acceptors (Lipinski definition) is 8. The predicted octanol–water partition coefficient (Wildman–Crippen LogP) is -3.04. The molecule has 1 saturated heterocycles. The molecule has 0 saturated carbocycles. The van der Waals surface area contributed by atoms with E-state index in [0.717, 1.165) is 0 Å². The molecule has 21 heavy (non-hydrogen) atoms. The molecule has 1 heterocycles. The lowest BCUT2D eigenvalue weighted by Gasteiger charge is -2.28. The number of aliphatic hydroxyl groups excluding tert-OH is 3. The Kier molecular flexibility index (Phi) is 6.94. The zero-order chi connectivity index (χ0) is 16.0. The van der Waals surface area contributed by atoms with Gasteiger partial charge in [-0.25, -0.2) is 0 Å². The van der Waals surface area contributed by atoms with Gasteiger partial charge in [-0.3, -0.25) is 10.1 Å². The first-order valence-electron chi connectivity index (χ1n) is 6.89. The molecule has 0 aliphatic carbocycles. The Bertz CT molecular complexity index is 344. The highest BCUT2D eigenvalue weighted by Gasteiger charge is 2.53. The molecule has 1 aliphatic rings. The van der Waals surface area contributed by atoms with Crippen molar-refractivity contribution in [3.05, 3.63) is 0 Å². The Morgan fingerprint density at radius 3 is 2.52 bits per heavy atom. The molecule has 5 atom stereocenters. The van der Waals surface area contributed by atoms with Crippen LogP contribution in [-0.4, -0.2) is 81.3 Å². The van der Waals surface area contributed by atoms with Crippen LogP contribution in [0.1, 0.15) is 19.3 Å². The number of carbonyl (C=O) groups is 1. The summed E-state index contributed by atoms with van der Waals surface area (Å²) >= 11 is 0. The molecule has 0 amide bonds. The number of unbranched alkanes of at least 4 members (excludes halogenated alkanes) is 1. The molecule has 9 nitrogen and oxygen atoms in total. The number of rotatable bonds is 9. The quantitative estimate of drug-likeness (QED) is 0.219. The second-order valence-electron chi connectivity index (χ2n) is 5.18. The zero-order valence-electron chi connectivity index (χ0n) is 11.7. The van der Waals surface area contributed by atoms with Crippen LogP contribution in [0.3, 0.4) is 0 Å². The molecule has 0 aromatic carbocycles. The number of aliphatic hydroxyl groups is 4. The van der Waals surface area contributed by atoms with Gasteiger partial charge < -0.3 is 36.0 Å². The summed E-state index contributed by atoms with van der Waals surface area (Å²) in [5, 5.41) is 50.1. The third-order valence-corrected chi connectivity index (χ3v) is 3.55. The summed E-state index contributed by atoms with van der Waals surface area (Å²) in [7, 11) is 0. The Balaban J connectivity index is 2.56. The average Bonchev–Trinajstić information content (AvgIpc) is 2.67. The van der Waals surface area contributed by atoms with Crippen molar-refractivity contribution in [1.29, 1.82) is 0 Å². The molecule has 8 N–H and O–H groups in total. The largest absolute Gasteiger partial charge is 0.480 e. The van der Waals surface area contributed by atoms with E-state index < -0.39 is 42.7 Å². The highest BCUT2D eigenvalue weighted by Crippen LogP contribution is 2.28. The van der Waals surface area contributed by atoms with Crippen molar-refractivity contribution < 1.29 is 35.1 Å². The maximum Gasteiger partial charge on any atom is 0.320 e. The van der Waals surface area contributed by atoms with E-state index in [1.807, 2.05) is 0 Å². The Labute approximate surface area is 122 Å². The molecule has 124 valence electrons. The average molecular weight is 308 g/mol. The molecule has 1 rings (SSSR count). The third-order valence-electron chi connectivity index (χ3n) is 3.55. The summed E-state index contributed by atoms with van der Waals surface area (Å²) in [5.74, 6) is -3.24. The molecule has 1 fully saturated rings. The lowest BCUT2D eigenvalue weighted by molar-refractivity contribution is -0.227. The lowest BCUT2D eigenvalue weighted by Crippen LogP contribution is -2.53. The van der Waals surface area contributed by atoms with E-state index in [0.29, 0.717) is 25.8 Å². The molecule has 0 aromatic heterocycles. The minimum Gasteiger partial charge on any atom is -0.480 e. The van der Waals surface area contributed by atoms with Crippen molar-refractivity contribution in [3.63, 3.8) is 0 Å². The van der Waals surface area contributed by atoms with E-state index in [2.05, 4.69) is 5.32 Å². The summed E-state index contributed by atoms with van der Waals surface area (Å²) in [6.45, 7) is -0.497. The smallest absolute Gasteiger partial charge is 0.320 e. The van der Waals surface area contributed by atoms with Crippen LogP contribution in [0.25, 0.3) is 0 Å².